The molecule has 2 N–H and O–H groups in total. The van der Waals surface area contributed by atoms with E-state index in [-0.39, 0.29) is 17.6 Å². The van der Waals surface area contributed by atoms with Crippen LogP contribution < -0.4 is 19.7 Å². The first-order chi connectivity index (χ1) is 20.0. The molecule has 9 heteroatoms. The van der Waals surface area contributed by atoms with Gasteiger partial charge in [-0.05, 0) is 103 Å². The van der Waals surface area contributed by atoms with Crippen LogP contribution in [0.1, 0.15) is 33.8 Å². The average Bonchev–Trinajstić information content (AvgIpc) is 3.63. The molecular formula is C32H26N4O4S. The quantitative estimate of drug-likeness (QED) is 0.206. The van der Waals surface area contributed by atoms with E-state index in [0.717, 1.165) is 28.5 Å². The molecule has 0 aliphatic carbocycles. The highest BCUT2D eigenvalue weighted by Crippen LogP contribution is 2.42. The maximum atomic E-state index is 11.7. The van der Waals surface area contributed by atoms with E-state index < -0.39 is 5.97 Å². The molecule has 6 rings (SSSR count). The number of nitrogens with one attached hydrogen (secondary N) is 1. The van der Waals surface area contributed by atoms with Gasteiger partial charge >= 0.3 is 5.97 Å². The minimum absolute atomic E-state index is 0.216. The minimum Gasteiger partial charge on any atom is -0.497 e. The summed E-state index contributed by atoms with van der Waals surface area (Å²) < 4.78 is 13.3. The first-order valence-corrected chi connectivity index (χ1v) is 13.4. The number of pyridine rings is 1. The van der Waals surface area contributed by atoms with Crippen LogP contribution in [-0.4, -0.2) is 32.8 Å². The summed E-state index contributed by atoms with van der Waals surface area (Å²) in [4.78, 5) is 18.4. The van der Waals surface area contributed by atoms with Gasteiger partial charge in [0.1, 0.15) is 23.3 Å². The molecule has 41 heavy (non-hydrogen) atoms. The smallest absolute Gasteiger partial charge is 0.335 e. The van der Waals surface area contributed by atoms with Gasteiger partial charge in [-0.3, -0.25) is 4.98 Å². The standard InChI is InChI=1S/C32H26N4O4S/c1-39-24-14-16-26(17-15-24)40-25-12-10-22(11-13-25)36-30(29(34-32(36)41)27-8-2-3-18-33-27)28-9-5-19-35(28)23-7-4-6-21(20-23)31(37)38/h2-20,29-30H,1H3,(H,34,41)(H,37,38). The maximum absolute atomic E-state index is 11.7. The Hall–Kier alpha value is -5.15. The van der Waals surface area contributed by atoms with Crippen LogP contribution in [-0.2, 0) is 0 Å². The second-order valence-electron chi connectivity index (χ2n) is 9.43. The molecular weight excluding hydrogens is 536 g/mol. The van der Waals surface area contributed by atoms with Gasteiger partial charge in [0, 0.05) is 29.5 Å². The van der Waals surface area contributed by atoms with Gasteiger partial charge < -0.3 is 29.4 Å². The van der Waals surface area contributed by atoms with Gasteiger partial charge in [0.2, 0.25) is 0 Å². The highest BCUT2D eigenvalue weighted by Gasteiger charge is 2.42. The number of nitrogens with zero attached hydrogens (tertiary/aromatic N) is 3. The van der Waals surface area contributed by atoms with Crippen LogP contribution in [0, 0.1) is 0 Å². The second kappa shape index (κ2) is 11.1. The average molecular weight is 563 g/mol. The summed E-state index contributed by atoms with van der Waals surface area (Å²) in [6.07, 6.45) is 3.69. The highest BCUT2D eigenvalue weighted by atomic mass is 32.1. The molecule has 204 valence electrons. The van der Waals surface area contributed by atoms with Crippen LogP contribution in [0.3, 0.4) is 0 Å². The summed E-state index contributed by atoms with van der Waals surface area (Å²) >= 11 is 5.88. The Morgan fingerprint density at radius 3 is 2.29 bits per heavy atom. The van der Waals surface area contributed by atoms with Crippen molar-refractivity contribution in [2.24, 2.45) is 0 Å². The molecule has 1 saturated heterocycles. The van der Waals surface area contributed by atoms with Crippen LogP contribution in [0.2, 0.25) is 0 Å². The summed E-state index contributed by atoms with van der Waals surface area (Å²) in [6, 6.07) is 31.3. The molecule has 5 aromatic rings. The van der Waals surface area contributed by atoms with Crippen molar-refractivity contribution in [3.05, 3.63) is 132 Å². The Balaban J connectivity index is 1.38. The highest BCUT2D eigenvalue weighted by molar-refractivity contribution is 7.80. The number of aromatic nitrogens is 2. The van der Waals surface area contributed by atoms with E-state index in [1.807, 2.05) is 95.7 Å². The predicted octanol–water partition coefficient (Wildman–Crippen LogP) is 6.55. The number of methoxy groups -OCH3 is 1. The van der Waals surface area contributed by atoms with E-state index >= 15 is 0 Å². The Bertz CT molecular complexity index is 1690. The van der Waals surface area contributed by atoms with E-state index in [1.165, 1.54) is 0 Å². The molecule has 3 aromatic carbocycles. The Morgan fingerprint density at radius 2 is 1.61 bits per heavy atom. The van der Waals surface area contributed by atoms with Gasteiger partial charge in [0.15, 0.2) is 5.11 Å². The van der Waals surface area contributed by atoms with Gasteiger partial charge in [-0.2, -0.15) is 0 Å². The number of hydrogen-bond donors (Lipinski definition) is 2. The lowest BCUT2D eigenvalue weighted by atomic mass is 10.0. The normalized spacial score (nSPS) is 16.3. The van der Waals surface area contributed by atoms with Crippen molar-refractivity contribution in [3.63, 3.8) is 0 Å². The number of ether oxygens (including phenoxy) is 2. The molecule has 2 atom stereocenters. The van der Waals surface area contributed by atoms with Crippen molar-refractivity contribution in [3.8, 4) is 22.9 Å². The molecule has 0 bridgehead atoms. The Morgan fingerprint density at radius 1 is 0.878 bits per heavy atom. The summed E-state index contributed by atoms with van der Waals surface area (Å²) in [6.45, 7) is 0. The van der Waals surface area contributed by atoms with Gasteiger partial charge in [-0.25, -0.2) is 4.79 Å². The van der Waals surface area contributed by atoms with Gasteiger partial charge in [0.25, 0.3) is 0 Å². The molecule has 3 heterocycles. The van der Waals surface area contributed by atoms with Crippen LogP contribution >= 0.6 is 12.2 Å². The van der Waals surface area contributed by atoms with Gasteiger partial charge in [-0.1, -0.05) is 12.1 Å². The molecule has 8 nitrogen and oxygen atoms in total. The lowest BCUT2D eigenvalue weighted by Crippen LogP contribution is -2.30. The van der Waals surface area contributed by atoms with Crippen LogP contribution in [0.5, 0.6) is 17.2 Å². The van der Waals surface area contributed by atoms with Crippen molar-refractivity contribution in [2.45, 2.75) is 12.1 Å². The predicted molar refractivity (Wildman–Crippen MR) is 160 cm³/mol. The van der Waals surface area contributed by atoms with Crippen LogP contribution in [0.4, 0.5) is 5.69 Å². The van der Waals surface area contributed by atoms with Crippen molar-refractivity contribution < 1.29 is 19.4 Å². The number of carboxylic acids is 1. The zero-order chi connectivity index (χ0) is 28.3. The van der Waals surface area contributed by atoms with E-state index in [9.17, 15) is 9.90 Å². The monoisotopic (exact) mass is 562 g/mol. The molecule has 2 aromatic heterocycles. The van der Waals surface area contributed by atoms with Gasteiger partial charge in [0.05, 0.1) is 24.4 Å². The molecule has 0 saturated carbocycles. The molecule has 2 unspecified atom stereocenters. The van der Waals surface area contributed by atoms with E-state index in [1.54, 1.807) is 31.5 Å². The minimum atomic E-state index is -0.978. The summed E-state index contributed by atoms with van der Waals surface area (Å²) in [5, 5.41) is 13.6. The number of hydrogen-bond acceptors (Lipinski definition) is 5. The fourth-order valence-corrected chi connectivity index (χ4v) is 5.39. The number of carbonyl (C=O) groups is 1. The van der Waals surface area contributed by atoms with Crippen molar-refractivity contribution in [1.82, 2.24) is 14.9 Å². The third-order valence-electron chi connectivity index (χ3n) is 6.96. The summed E-state index contributed by atoms with van der Waals surface area (Å²) in [5.41, 5.74) is 3.60. The summed E-state index contributed by atoms with van der Waals surface area (Å²) in [5.74, 6) is 1.17. The lowest BCUT2D eigenvalue weighted by molar-refractivity contribution is 0.0697. The fourth-order valence-electron chi connectivity index (χ4n) is 5.05. The number of thiocarbonyl (C=S) groups is 1. The zero-order valence-electron chi connectivity index (χ0n) is 22.0. The molecule has 0 amide bonds. The van der Waals surface area contributed by atoms with Crippen LogP contribution in [0.25, 0.3) is 5.69 Å². The fraction of sp³-hybridized carbons (Fsp3) is 0.0938. The molecule has 0 spiro atoms. The number of anilines is 1. The molecule has 1 aliphatic heterocycles. The SMILES string of the molecule is COc1ccc(Oc2ccc(N3C(=S)NC(c4ccccn4)C3c3cccn3-c3cccc(C(=O)O)c3)cc2)cc1. The lowest BCUT2D eigenvalue weighted by Gasteiger charge is -2.29. The van der Waals surface area contributed by atoms with Gasteiger partial charge in [-0.15, -0.1) is 0 Å². The molecule has 0 radical (unpaired) electrons. The number of carboxylic acid groups (broad SMARTS) is 1. The zero-order valence-corrected chi connectivity index (χ0v) is 22.9. The second-order valence-corrected chi connectivity index (χ2v) is 9.81. The number of rotatable bonds is 8. The van der Waals surface area contributed by atoms with E-state index in [4.69, 9.17) is 21.7 Å². The van der Waals surface area contributed by atoms with Crippen molar-refractivity contribution in [1.29, 1.82) is 0 Å². The Kier molecular flexibility index (Phi) is 7.09. The van der Waals surface area contributed by atoms with Crippen LogP contribution in [0.15, 0.2) is 116 Å². The topological polar surface area (TPSA) is 88.9 Å². The van der Waals surface area contributed by atoms with Crippen molar-refractivity contribution >= 4 is 29.0 Å². The molecule has 1 fully saturated rings. The first-order valence-electron chi connectivity index (χ1n) is 13.0. The first kappa shape index (κ1) is 26.1. The largest absolute Gasteiger partial charge is 0.497 e. The van der Waals surface area contributed by atoms with E-state index in [0.29, 0.717) is 16.6 Å². The molecule has 1 aliphatic rings. The van der Waals surface area contributed by atoms with Crippen molar-refractivity contribution in [2.75, 3.05) is 12.0 Å². The number of benzene rings is 3. The number of aromatic carboxylic acids is 1. The van der Waals surface area contributed by atoms with E-state index in [2.05, 4.69) is 15.2 Å². The maximum Gasteiger partial charge on any atom is 0.335 e. The third-order valence-corrected chi connectivity index (χ3v) is 7.28. The summed E-state index contributed by atoms with van der Waals surface area (Å²) in [7, 11) is 1.63. The Labute approximate surface area is 242 Å². The third kappa shape index (κ3) is 5.22.